The highest BCUT2D eigenvalue weighted by Crippen LogP contribution is 2.14. The second-order valence-electron chi connectivity index (χ2n) is 5.65. The van der Waals surface area contributed by atoms with Crippen LogP contribution in [0.25, 0.3) is 0 Å². The molecule has 120 valence electrons. The van der Waals surface area contributed by atoms with Crippen LogP contribution in [0.1, 0.15) is 26.7 Å². The molecule has 1 rings (SSSR count). The Labute approximate surface area is 125 Å². The fourth-order valence-electron chi connectivity index (χ4n) is 2.29. The first kappa shape index (κ1) is 17.4. The molecule has 1 aliphatic heterocycles. The van der Waals surface area contributed by atoms with Crippen molar-refractivity contribution < 1.29 is 19.5 Å². The summed E-state index contributed by atoms with van der Waals surface area (Å²) in [6.45, 7) is 5.06. The van der Waals surface area contributed by atoms with Gasteiger partial charge in [0, 0.05) is 32.1 Å². The summed E-state index contributed by atoms with van der Waals surface area (Å²) in [4.78, 5) is 36.2. The lowest BCUT2D eigenvalue weighted by atomic mass is 9.94. The summed E-state index contributed by atoms with van der Waals surface area (Å²) in [5, 5.41) is 14.4. The van der Waals surface area contributed by atoms with E-state index >= 15 is 0 Å². The van der Waals surface area contributed by atoms with Crippen molar-refractivity contribution in [3.8, 4) is 0 Å². The normalized spacial score (nSPS) is 19.6. The highest BCUT2D eigenvalue weighted by atomic mass is 16.4. The number of carboxylic acids is 1. The number of amides is 2. The standard InChI is InChI=1S/C14H25N3O4/c1-9(10(2)14(20)21)13(19)16-11-4-6-17(7-5-11)8-12(18)15-3/h9-11H,4-8H2,1-3H3,(H,15,18)(H,16,19)(H,20,21). The van der Waals surface area contributed by atoms with Gasteiger partial charge in [0.15, 0.2) is 0 Å². The molecule has 0 aromatic carbocycles. The van der Waals surface area contributed by atoms with Gasteiger partial charge in [0.1, 0.15) is 0 Å². The molecule has 7 heteroatoms. The minimum atomic E-state index is -0.960. The van der Waals surface area contributed by atoms with Crippen LogP contribution in [-0.4, -0.2) is 60.5 Å². The van der Waals surface area contributed by atoms with E-state index in [1.807, 2.05) is 4.90 Å². The second-order valence-corrected chi connectivity index (χ2v) is 5.65. The summed E-state index contributed by atoms with van der Waals surface area (Å²) in [5.74, 6) is -2.43. The van der Waals surface area contributed by atoms with Crippen molar-refractivity contribution in [2.45, 2.75) is 32.7 Å². The Morgan fingerprint density at radius 3 is 2.24 bits per heavy atom. The number of likely N-dealkylation sites (N-methyl/N-ethyl adjacent to an activating group) is 1. The molecule has 0 aromatic rings. The van der Waals surface area contributed by atoms with Crippen molar-refractivity contribution in [2.75, 3.05) is 26.7 Å². The number of carboxylic acid groups (broad SMARTS) is 1. The van der Waals surface area contributed by atoms with Crippen LogP contribution in [0.2, 0.25) is 0 Å². The summed E-state index contributed by atoms with van der Waals surface area (Å²) in [7, 11) is 1.61. The summed E-state index contributed by atoms with van der Waals surface area (Å²) in [5.41, 5.74) is 0. The van der Waals surface area contributed by atoms with Gasteiger partial charge in [-0.1, -0.05) is 13.8 Å². The molecule has 21 heavy (non-hydrogen) atoms. The van der Waals surface area contributed by atoms with Crippen molar-refractivity contribution >= 4 is 17.8 Å². The average Bonchev–Trinajstić information content (AvgIpc) is 2.47. The Morgan fingerprint density at radius 2 is 1.76 bits per heavy atom. The van der Waals surface area contributed by atoms with E-state index in [9.17, 15) is 14.4 Å². The molecule has 2 unspecified atom stereocenters. The molecule has 1 heterocycles. The van der Waals surface area contributed by atoms with E-state index < -0.39 is 17.8 Å². The maximum Gasteiger partial charge on any atom is 0.307 e. The maximum absolute atomic E-state index is 12.0. The van der Waals surface area contributed by atoms with E-state index in [-0.39, 0.29) is 17.9 Å². The monoisotopic (exact) mass is 299 g/mol. The number of aliphatic carboxylic acids is 1. The zero-order valence-corrected chi connectivity index (χ0v) is 12.9. The van der Waals surface area contributed by atoms with Crippen molar-refractivity contribution in [3.05, 3.63) is 0 Å². The first-order chi connectivity index (χ1) is 9.85. The fourth-order valence-corrected chi connectivity index (χ4v) is 2.29. The first-order valence-corrected chi connectivity index (χ1v) is 7.31. The predicted octanol–water partition coefficient (Wildman–Crippen LogP) is -0.330. The molecule has 0 spiro atoms. The molecule has 0 aromatic heterocycles. The molecule has 1 aliphatic rings. The Kier molecular flexibility index (Phi) is 6.61. The van der Waals surface area contributed by atoms with Gasteiger partial charge in [-0.3, -0.25) is 19.3 Å². The van der Waals surface area contributed by atoms with Gasteiger partial charge in [-0.05, 0) is 12.8 Å². The summed E-state index contributed by atoms with van der Waals surface area (Å²) < 4.78 is 0. The van der Waals surface area contributed by atoms with E-state index in [0.717, 1.165) is 25.9 Å². The van der Waals surface area contributed by atoms with E-state index in [1.54, 1.807) is 20.9 Å². The third-order valence-electron chi connectivity index (χ3n) is 4.13. The number of hydrogen-bond acceptors (Lipinski definition) is 4. The van der Waals surface area contributed by atoms with Crippen LogP contribution in [0.15, 0.2) is 0 Å². The van der Waals surface area contributed by atoms with Gasteiger partial charge >= 0.3 is 5.97 Å². The predicted molar refractivity (Wildman–Crippen MR) is 77.6 cm³/mol. The minimum Gasteiger partial charge on any atom is -0.481 e. The SMILES string of the molecule is CNC(=O)CN1CCC(NC(=O)C(C)C(C)C(=O)O)CC1. The van der Waals surface area contributed by atoms with Crippen LogP contribution in [0, 0.1) is 11.8 Å². The van der Waals surface area contributed by atoms with Crippen molar-refractivity contribution in [1.29, 1.82) is 0 Å². The Bertz CT molecular complexity index is 392. The van der Waals surface area contributed by atoms with E-state index in [1.165, 1.54) is 0 Å². The number of carbonyl (C=O) groups is 3. The summed E-state index contributed by atoms with van der Waals surface area (Å²) >= 11 is 0. The Morgan fingerprint density at radius 1 is 1.19 bits per heavy atom. The lowest BCUT2D eigenvalue weighted by molar-refractivity contribution is -0.146. The quantitative estimate of drug-likeness (QED) is 0.624. The second kappa shape index (κ2) is 7.97. The van der Waals surface area contributed by atoms with E-state index in [4.69, 9.17) is 5.11 Å². The van der Waals surface area contributed by atoms with Gasteiger partial charge in [0.2, 0.25) is 11.8 Å². The largest absolute Gasteiger partial charge is 0.481 e. The third kappa shape index (κ3) is 5.34. The van der Waals surface area contributed by atoms with Crippen molar-refractivity contribution in [1.82, 2.24) is 15.5 Å². The first-order valence-electron chi connectivity index (χ1n) is 7.31. The topological polar surface area (TPSA) is 98.7 Å². The summed E-state index contributed by atoms with van der Waals surface area (Å²) in [6.07, 6.45) is 1.55. The molecule has 0 saturated carbocycles. The Balaban J connectivity index is 2.37. The molecule has 7 nitrogen and oxygen atoms in total. The lowest BCUT2D eigenvalue weighted by Crippen LogP contribution is -2.48. The molecule has 0 bridgehead atoms. The molecule has 2 atom stereocenters. The van der Waals surface area contributed by atoms with Gasteiger partial charge < -0.3 is 15.7 Å². The molecule has 2 amide bonds. The highest BCUT2D eigenvalue weighted by Gasteiger charge is 2.28. The van der Waals surface area contributed by atoms with Gasteiger partial charge in [-0.2, -0.15) is 0 Å². The Hall–Kier alpha value is -1.63. The fraction of sp³-hybridized carbons (Fsp3) is 0.786. The molecular formula is C14H25N3O4. The van der Waals surface area contributed by atoms with Crippen LogP contribution in [0.4, 0.5) is 0 Å². The van der Waals surface area contributed by atoms with Gasteiger partial charge in [-0.25, -0.2) is 0 Å². The average molecular weight is 299 g/mol. The van der Waals surface area contributed by atoms with Crippen LogP contribution in [0.5, 0.6) is 0 Å². The highest BCUT2D eigenvalue weighted by molar-refractivity contribution is 5.84. The maximum atomic E-state index is 12.0. The van der Waals surface area contributed by atoms with Crippen molar-refractivity contribution in [2.24, 2.45) is 11.8 Å². The number of carbonyl (C=O) groups excluding carboxylic acids is 2. The van der Waals surface area contributed by atoms with Gasteiger partial charge in [0.25, 0.3) is 0 Å². The summed E-state index contributed by atoms with van der Waals surface area (Å²) in [6, 6.07) is 0.0573. The molecule has 1 fully saturated rings. The zero-order chi connectivity index (χ0) is 16.0. The number of nitrogens with one attached hydrogen (secondary N) is 2. The van der Waals surface area contributed by atoms with Crippen LogP contribution in [0.3, 0.4) is 0 Å². The number of rotatable bonds is 6. The van der Waals surface area contributed by atoms with Crippen LogP contribution >= 0.6 is 0 Å². The molecule has 0 aliphatic carbocycles. The minimum absolute atomic E-state index is 0.0126. The third-order valence-corrected chi connectivity index (χ3v) is 4.13. The van der Waals surface area contributed by atoms with Gasteiger partial charge in [-0.15, -0.1) is 0 Å². The number of nitrogens with zero attached hydrogens (tertiary/aromatic N) is 1. The van der Waals surface area contributed by atoms with Crippen LogP contribution < -0.4 is 10.6 Å². The smallest absolute Gasteiger partial charge is 0.307 e. The number of likely N-dealkylation sites (tertiary alicyclic amines) is 1. The van der Waals surface area contributed by atoms with Crippen molar-refractivity contribution in [3.63, 3.8) is 0 Å². The van der Waals surface area contributed by atoms with Gasteiger partial charge in [0.05, 0.1) is 12.5 Å². The molecule has 3 N–H and O–H groups in total. The molecule has 1 saturated heterocycles. The van der Waals surface area contributed by atoms with E-state index in [0.29, 0.717) is 6.54 Å². The molecular weight excluding hydrogens is 274 g/mol. The number of piperidine rings is 1. The lowest BCUT2D eigenvalue weighted by Gasteiger charge is -2.32. The molecule has 0 radical (unpaired) electrons. The van der Waals surface area contributed by atoms with E-state index in [2.05, 4.69) is 10.6 Å². The number of hydrogen-bond donors (Lipinski definition) is 3. The zero-order valence-electron chi connectivity index (χ0n) is 12.9. The van der Waals surface area contributed by atoms with Crippen LogP contribution in [-0.2, 0) is 14.4 Å².